The number of pyridine rings is 1. The first kappa shape index (κ1) is 20.9. The predicted octanol–water partition coefficient (Wildman–Crippen LogP) is 3.98. The molecule has 0 saturated heterocycles. The molecule has 7 nitrogen and oxygen atoms in total. The number of nitrogens with zero attached hydrogens (tertiary/aromatic N) is 1. The first-order valence-electron chi connectivity index (χ1n) is 9.96. The van der Waals surface area contributed by atoms with Crippen LogP contribution < -0.4 is 15.5 Å². The second kappa shape index (κ2) is 9.61. The number of rotatable bonds is 7. The number of hydrogen-bond donors (Lipinski definition) is 1. The lowest BCUT2D eigenvalue weighted by Crippen LogP contribution is -2.23. The quantitative estimate of drug-likeness (QED) is 0.450. The molecule has 0 spiro atoms. The summed E-state index contributed by atoms with van der Waals surface area (Å²) in [4.78, 5) is 36.6. The summed E-state index contributed by atoms with van der Waals surface area (Å²) in [6, 6.07) is 24.6. The largest absolute Gasteiger partial charge is 0.455 e. The van der Waals surface area contributed by atoms with Crippen molar-refractivity contribution in [3.8, 4) is 11.5 Å². The lowest BCUT2D eigenvalue weighted by Gasteiger charge is -2.13. The first-order valence-corrected chi connectivity index (χ1v) is 9.96. The molecule has 4 aromatic rings. The molecule has 0 atom stereocenters. The molecule has 3 aromatic carbocycles. The number of nitrogens with one attached hydrogen (secondary N) is 1. The molecule has 0 aliphatic carbocycles. The molecule has 1 amide bonds. The Balaban J connectivity index is 1.36. The van der Waals surface area contributed by atoms with Crippen molar-refractivity contribution in [1.82, 2.24) is 4.57 Å². The van der Waals surface area contributed by atoms with E-state index in [2.05, 4.69) is 5.32 Å². The topological polar surface area (TPSA) is 86.6 Å². The number of benzene rings is 3. The van der Waals surface area contributed by atoms with Crippen LogP contribution >= 0.6 is 0 Å². The first-order chi connectivity index (χ1) is 15.6. The second-order valence-corrected chi connectivity index (χ2v) is 6.95. The zero-order chi connectivity index (χ0) is 22.3. The summed E-state index contributed by atoms with van der Waals surface area (Å²) in [5, 5.41) is 3.21. The fourth-order valence-electron chi connectivity index (χ4n) is 3.19. The van der Waals surface area contributed by atoms with Crippen LogP contribution in [0, 0.1) is 0 Å². The zero-order valence-corrected chi connectivity index (χ0v) is 17.1. The zero-order valence-electron chi connectivity index (χ0n) is 17.1. The Hall–Kier alpha value is -4.39. The van der Waals surface area contributed by atoms with Crippen LogP contribution in [0.1, 0.15) is 0 Å². The van der Waals surface area contributed by atoms with Crippen LogP contribution in [-0.4, -0.2) is 23.1 Å². The standard InChI is InChI=1S/C25H20N2O5/c28-22-14-15-27(21-12-6-4-10-19(21)22)16-25(30)31-17-24(29)26-20-11-5-7-13-23(20)32-18-8-2-1-3-9-18/h1-15H,16-17H2,(H,26,29). The minimum absolute atomic E-state index is 0.123. The van der Waals surface area contributed by atoms with Crippen LogP contribution in [0.5, 0.6) is 11.5 Å². The van der Waals surface area contributed by atoms with E-state index in [1.807, 2.05) is 18.2 Å². The summed E-state index contributed by atoms with van der Waals surface area (Å²) in [5.41, 5.74) is 0.957. The lowest BCUT2D eigenvalue weighted by molar-refractivity contribution is -0.147. The van der Waals surface area contributed by atoms with Gasteiger partial charge in [0.25, 0.3) is 5.91 Å². The van der Waals surface area contributed by atoms with E-state index >= 15 is 0 Å². The Bertz CT molecular complexity index is 1310. The van der Waals surface area contributed by atoms with E-state index < -0.39 is 18.5 Å². The van der Waals surface area contributed by atoms with Crippen molar-refractivity contribution in [2.24, 2.45) is 0 Å². The van der Waals surface area contributed by atoms with E-state index in [1.54, 1.807) is 65.2 Å². The summed E-state index contributed by atoms with van der Waals surface area (Å²) in [6.07, 6.45) is 1.53. The number of esters is 1. The number of ether oxygens (including phenoxy) is 2. The van der Waals surface area contributed by atoms with Gasteiger partial charge in [-0.1, -0.05) is 42.5 Å². The van der Waals surface area contributed by atoms with Crippen LogP contribution in [0.2, 0.25) is 0 Å². The highest BCUT2D eigenvalue weighted by Gasteiger charge is 2.12. The summed E-state index contributed by atoms with van der Waals surface area (Å²) in [7, 11) is 0. The maximum Gasteiger partial charge on any atom is 0.326 e. The average molecular weight is 428 g/mol. The molecule has 0 aliphatic heterocycles. The number of amides is 1. The van der Waals surface area contributed by atoms with E-state index in [-0.39, 0.29) is 12.0 Å². The third-order valence-electron chi connectivity index (χ3n) is 4.68. The van der Waals surface area contributed by atoms with Gasteiger partial charge in [0.05, 0.1) is 11.2 Å². The van der Waals surface area contributed by atoms with Gasteiger partial charge in [0, 0.05) is 17.6 Å². The second-order valence-electron chi connectivity index (χ2n) is 6.95. The molecular weight excluding hydrogens is 408 g/mol. The van der Waals surface area contributed by atoms with E-state index in [0.29, 0.717) is 28.1 Å². The highest BCUT2D eigenvalue weighted by Crippen LogP contribution is 2.29. The summed E-state index contributed by atoms with van der Waals surface area (Å²) < 4.78 is 12.6. The molecule has 0 fully saturated rings. The van der Waals surface area contributed by atoms with E-state index in [1.165, 1.54) is 12.3 Å². The monoisotopic (exact) mass is 428 g/mol. The molecule has 1 aromatic heterocycles. The van der Waals surface area contributed by atoms with Crippen LogP contribution in [0.4, 0.5) is 5.69 Å². The molecule has 0 saturated carbocycles. The molecule has 0 radical (unpaired) electrons. The molecule has 32 heavy (non-hydrogen) atoms. The SMILES string of the molecule is O=C(COC(=O)Cn1ccc(=O)c2ccccc21)Nc1ccccc1Oc1ccccc1. The predicted molar refractivity (Wildman–Crippen MR) is 121 cm³/mol. The molecule has 1 heterocycles. The van der Waals surface area contributed by atoms with E-state index in [4.69, 9.17) is 9.47 Å². The molecule has 160 valence electrons. The van der Waals surface area contributed by atoms with Crippen molar-refractivity contribution in [3.63, 3.8) is 0 Å². The van der Waals surface area contributed by atoms with Crippen LogP contribution in [0.3, 0.4) is 0 Å². The van der Waals surface area contributed by atoms with Crippen LogP contribution in [-0.2, 0) is 20.9 Å². The number of anilines is 1. The number of carbonyl (C=O) groups is 2. The molecule has 4 rings (SSSR count). The van der Waals surface area contributed by atoms with Gasteiger partial charge in [0.2, 0.25) is 0 Å². The fraction of sp³-hybridized carbons (Fsp3) is 0.0800. The van der Waals surface area contributed by atoms with Crippen molar-refractivity contribution in [3.05, 3.63) is 101 Å². The van der Waals surface area contributed by atoms with Crippen molar-refractivity contribution >= 4 is 28.5 Å². The van der Waals surface area contributed by atoms with Crippen LogP contribution in [0.15, 0.2) is 95.9 Å². The summed E-state index contributed by atoms with van der Waals surface area (Å²) in [6.45, 7) is -0.571. The molecule has 0 aliphatic rings. The maximum atomic E-state index is 12.3. The Morgan fingerprint density at radius 2 is 1.56 bits per heavy atom. The van der Waals surface area contributed by atoms with Gasteiger partial charge >= 0.3 is 5.97 Å². The maximum absolute atomic E-state index is 12.3. The normalized spacial score (nSPS) is 10.5. The van der Waals surface area contributed by atoms with Gasteiger partial charge in [-0.25, -0.2) is 0 Å². The van der Waals surface area contributed by atoms with Gasteiger partial charge in [0.15, 0.2) is 17.8 Å². The summed E-state index contributed by atoms with van der Waals surface area (Å²) >= 11 is 0. The lowest BCUT2D eigenvalue weighted by atomic mass is 10.2. The molecule has 1 N–H and O–H groups in total. The molecular formula is C25H20N2O5. The minimum atomic E-state index is -0.595. The minimum Gasteiger partial charge on any atom is -0.455 e. The number of fused-ring (bicyclic) bond motifs is 1. The van der Waals surface area contributed by atoms with Gasteiger partial charge in [-0.2, -0.15) is 0 Å². The van der Waals surface area contributed by atoms with Crippen LogP contribution in [0.25, 0.3) is 10.9 Å². The smallest absolute Gasteiger partial charge is 0.326 e. The van der Waals surface area contributed by atoms with Gasteiger partial charge in [0.1, 0.15) is 12.3 Å². The van der Waals surface area contributed by atoms with Gasteiger partial charge in [-0.3, -0.25) is 14.4 Å². The van der Waals surface area contributed by atoms with Gasteiger partial charge in [-0.15, -0.1) is 0 Å². The summed E-state index contributed by atoms with van der Waals surface area (Å²) in [5.74, 6) is 0.0158. The number of aromatic nitrogens is 1. The van der Waals surface area contributed by atoms with Gasteiger partial charge in [-0.05, 0) is 36.4 Å². The Morgan fingerprint density at radius 3 is 2.41 bits per heavy atom. The third kappa shape index (κ3) is 5.02. The highest BCUT2D eigenvalue weighted by atomic mass is 16.5. The van der Waals surface area contributed by atoms with Crippen molar-refractivity contribution in [2.45, 2.75) is 6.54 Å². The van der Waals surface area contributed by atoms with Crippen molar-refractivity contribution in [1.29, 1.82) is 0 Å². The Morgan fingerprint density at radius 1 is 0.844 bits per heavy atom. The third-order valence-corrected chi connectivity index (χ3v) is 4.68. The van der Waals surface area contributed by atoms with E-state index in [9.17, 15) is 14.4 Å². The number of hydrogen-bond acceptors (Lipinski definition) is 5. The highest BCUT2D eigenvalue weighted by molar-refractivity contribution is 5.94. The van der Waals surface area contributed by atoms with E-state index in [0.717, 1.165) is 0 Å². The molecule has 7 heteroatoms. The number of para-hydroxylation sites is 4. The fourth-order valence-corrected chi connectivity index (χ4v) is 3.19. The number of carbonyl (C=O) groups excluding carboxylic acids is 2. The average Bonchev–Trinajstić information content (AvgIpc) is 2.82. The van der Waals surface area contributed by atoms with Crippen molar-refractivity contribution in [2.75, 3.05) is 11.9 Å². The molecule has 0 bridgehead atoms. The Kier molecular flexibility index (Phi) is 6.27. The van der Waals surface area contributed by atoms with Gasteiger partial charge < -0.3 is 19.4 Å². The Labute approximate surface area is 183 Å². The van der Waals surface area contributed by atoms with Crippen molar-refractivity contribution < 1.29 is 19.1 Å². The molecule has 0 unspecified atom stereocenters.